The van der Waals surface area contributed by atoms with Crippen LogP contribution in [0.25, 0.3) is 33.6 Å². The van der Waals surface area contributed by atoms with Crippen LogP contribution in [0.3, 0.4) is 0 Å². The molecule has 269 valence electrons. The summed E-state index contributed by atoms with van der Waals surface area (Å²) < 4.78 is 0. The van der Waals surface area contributed by atoms with Gasteiger partial charge >= 0.3 is 0 Å². The van der Waals surface area contributed by atoms with Gasteiger partial charge in [0, 0.05) is 32.5 Å². The van der Waals surface area contributed by atoms with E-state index < -0.39 is 0 Å². The van der Waals surface area contributed by atoms with Crippen LogP contribution in [0.5, 0.6) is 0 Å². The van der Waals surface area contributed by atoms with Gasteiger partial charge in [-0.2, -0.15) is 0 Å². The number of hydrogen-bond acceptors (Lipinski definition) is 2. The molecule has 0 amide bonds. The zero-order chi connectivity index (χ0) is 36.2. The summed E-state index contributed by atoms with van der Waals surface area (Å²) >= 11 is 0. The minimum Gasteiger partial charge on any atom is -0.304 e. The van der Waals surface area contributed by atoms with Crippen LogP contribution in [0, 0.1) is 12.1 Å². The van der Waals surface area contributed by atoms with Crippen LogP contribution >= 0.6 is 0 Å². The molecule has 0 saturated heterocycles. The van der Waals surface area contributed by atoms with Crippen molar-refractivity contribution in [3.05, 3.63) is 130 Å². The Morgan fingerprint density at radius 3 is 1.35 bits per heavy atom. The first-order valence-electron chi connectivity index (χ1n) is 18.5. The predicted molar refractivity (Wildman–Crippen MR) is 212 cm³/mol. The molecular weight excluding hydrogens is 797 g/mol. The first-order chi connectivity index (χ1) is 23.3. The molecule has 0 atom stereocenters. The average Bonchev–Trinajstić information content (AvgIpc) is 3.06. The van der Waals surface area contributed by atoms with Crippen LogP contribution in [-0.2, 0) is 67.4 Å². The quantitative estimate of drug-likeness (QED) is 0.165. The van der Waals surface area contributed by atoms with Gasteiger partial charge in [-0.1, -0.05) is 131 Å². The van der Waals surface area contributed by atoms with Crippen molar-refractivity contribution in [1.29, 1.82) is 0 Å². The molecule has 51 heavy (non-hydrogen) atoms. The molecule has 2 aromatic heterocycles. The van der Waals surface area contributed by atoms with Crippen LogP contribution in [-0.4, -0.2) is 9.97 Å². The fraction of sp³-hybridized carbons (Fsp3) is 0.417. The van der Waals surface area contributed by atoms with E-state index in [1.165, 1.54) is 44.5 Å². The van der Waals surface area contributed by atoms with Crippen molar-refractivity contribution in [1.82, 2.24) is 9.97 Å². The second kappa shape index (κ2) is 14.2. The second-order valence-corrected chi connectivity index (χ2v) is 18.6. The third kappa shape index (κ3) is 8.48. The zero-order valence-corrected chi connectivity index (χ0v) is 35.4. The van der Waals surface area contributed by atoms with E-state index in [-0.39, 0.29) is 41.8 Å². The maximum atomic E-state index is 4.81. The maximum absolute atomic E-state index is 4.81. The summed E-state index contributed by atoms with van der Waals surface area (Å²) in [7, 11) is 0. The van der Waals surface area contributed by atoms with Gasteiger partial charge in [-0.05, 0) is 86.5 Å². The van der Waals surface area contributed by atoms with Gasteiger partial charge in [-0.25, -0.2) is 0 Å². The van der Waals surface area contributed by atoms with E-state index in [0.29, 0.717) is 0 Å². The fourth-order valence-electron chi connectivity index (χ4n) is 7.02. The van der Waals surface area contributed by atoms with Crippen LogP contribution in [0.2, 0.25) is 0 Å². The molecule has 2 nitrogen and oxygen atoms in total. The Kier molecular flexibility index (Phi) is 10.8. The van der Waals surface area contributed by atoms with E-state index in [0.717, 1.165) is 48.2 Å². The summed E-state index contributed by atoms with van der Waals surface area (Å²) in [5.74, 6) is 0. The van der Waals surface area contributed by atoms with E-state index in [4.69, 9.17) is 4.98 Å². The van der Waals surface area contributed by atoms with Gasteiger partial charge in [0.2, 0.25) is 0 Å². The third-order valence-corrected chi connectivity index (χ3v) is 10.4. The largest absolute Gasteiger partial charge is 0.304 e. The SMILES string of the molecule is CC(C)(C)c1c[c-]c(-c2ccc(C(C)(C)C)cn2)cc1.CC(C)(C)c1ccc(-c2[c-]c3c4c(c2)CCc2cc(C(C)(C)C)cc(c2-4)CC3)nc1.[Ir]. The Balaban J connectivity index is 0.000000211. The van der Waals surface area contributed by atoms with E-state index in [2.05, 4.69) is 161 Å². The maximum Gasteiger partial charge on any atom is 0.0198 e. The summed E-state index contributed by atoms with van der Waals surface area (Å²) in [6.07, 6.45) is 8.46. The van der Waals surface area contributed by atoms with Crippen molar-refractivity contribution >= 4 is 0 Å². The summed E-state index contributed by atoms with van der Waals surface area (Å²) in [6.45, 7) is 26.9. The Bertz CT molecular complexity index is 1880. The fourth-order valence-corrected chi connectivity index (χ4v) is 7.02. The Labute approximate surface area is 322 Å². The van der Waals surface area contributed by atoms with Gasteiger partial charge in [-0.3, -0.25) is 0 Å². The van der Waals surface area contributed by atoms with Gasteiger partial charge in [0.1, 0.15) is 0 Å². The molecule has 2 heterocycles. The zero-order valence-electron chi connectivity index (χ0n) is 33.0. The van der Waals surface area contributed by atoms with Gasteiger partial charge in [0.15, 0.2) is 0 Å². The first kappa shape index (κ1) is 38.8. The summed E-state index contributed by atoms with van der Waals surface area (Å²) in [6, 6.07) is 29.4. The summed E-state index contributed by atoms with van der Waals surface area (Å²) in [4.78, 5) is 9.38. The van der Waals surface area contributed by atoms with Crippen molar-refractivity contribution in [3.8, 4) is 33.6 Å². The van der Waals surface area contributed by atoms with Gasteiger partial charge in [0.25, 0.3) is 0 Å². The van der Waals surface area contributed by atoms with E-state index in [9.17, 15) is 0 Å². The normalized spacial score (nSPS) is 13.8. The van der Waals surface area contributed by atoms with Crippen LogP contribution < -0.4 is 0 Å². The van der Waals surface area contributed by atoms with Gasteiger partial charge < -0.3 is 9.97 Å². The molecule has 2 aliphatic rings. The third-order valence-electron chi connectivity index (χ3n) is 10.4. The standard InChI is InChI=1S/C29H32N.C19H24N.Ir/c1-28(2,3)23-11-12-25(30-17-23)22-13-18-7-9-20-15-24(29(4,5)6)16-21-10-8-19(14-22)26(18)27(20)21;1-18(2,3)15-9-7-14(8-10-15)17-12-11-16(13-20-17)19(4,5)6;/h11-13,15-17H,7-10H2,1-6H3;7,9-13H,1-6H3;/q2*-1;. The van der Waals surface area contributed by atoms with Gasteiger partial charge in [0.05, 0.1) is 0 Å². The topological polar surface area (TPSA) is 25.8 Å². The molecule has 0 aliphatic heterocycles. The first-order valence-corrected chi connectivity index (χ1v) is 18.5. The molecular formula is C48H56IrN2-2. The molecule has 0 bridgehead atoms. The summed E-state index contributed by atoms with van der Waals surface area (Å²) in [5.41, 5.74) is 19.1. The number of aryl methyl sites for hydroxylation is 4. The number of aromatic nitrogens is 2. The van der Waals surface area contributed by atoms with Crippen molar-refractivity contribution in [2.75, 3.05) is 0 Å². The number of pyridine rings is 2. The molecule has 0 fully saturated rings. The monoisotopic (exact) mass is 853 g/mol. The average molecular weight is 853 g/mol. The molecule has 0 saturated carbocycles. The Morgan fingerprint density at radius 1 is 0.471 bits per heavy atom. The molecule has 2 aliphatic carbocycles. The van der Waals surface area contributed by atoms with E-state index in [1.807, 2.05) is 12.4 Å². The van der Waals surface area contributed by atoms with Crippen LogP contribution in [0.4, 0.5) is 0 Å². The molecule has 7 rings (SSSR count). The summed E-state index contributed by atoms with van der Waals surface area (Å²) in [5, 5.41) is 0. The van der Waals surface area contributed by atoms with Crippen molar-refractivity contribution < 1.29 is 20.1 Å². The second-order valence-electron chi connectivity index (χ2n) is 18.6. The minimum atomic E-state index is 0. The molecule has 5 aromatic rings. The smallest absolute Gasteiger partial charge is 0.0198 e. The van der Waals surface area contributed by atoms with Crippen LogP contribution in [0.15, 0.2) is 73.1 Å². The molecule has 0 unspecified atom stereocenters. The molecule has 3 heteroatoms. The Morgan fingerprint density at radius 2 is 0.922 bits per heavy atom. The number of rotatable bonds is 2. The van der Waals surface area contributed by atoms with Crippen molar-refractivity contribution in [2.24, 2.45) is 0 Å². The molecule has 0 N–H and O–H groups in total. The van der Waals surface area contributed by atoms with E-state index in [1.54, 1.807) is 11.1 Å². The molecule has 3 aromatic carbocycles. The van der Waals surface area contributed by atoms with Crippen LogP contribution in [0.1, 0.15) is 128 Å². The van der Waals surface area contributed by atoms with Crippen molar-refractivity contribution in [2.45, 2.75) is 130 Å². The molecule has 1 radical (unpaired) electrons. The number of nitrogens with zero attached hydrogens (tertiary/aromatic N) is 2. The predicted octanol–water partition coefficient (Wildman–Crippen LogP) is 12.1. The minimum absolute atomic E-state index is 0. The van der Waals surface area contributed by atoms with E-state index >= 15 is 0 Å². The number of benzene rings is 3. The van der Waals surface area contributed by atoms with Gasteiger partial charge in [-0.15, -0.1) is 64.2 Å². The van der Waals surface area contributed by atoms with Crippen molar-refractivity contribution in [3.63, 3.8) is 0 Å². The molecule has 0 spiro atoms. The Hall–Kier alpha value is -3.39. The number of hydrogen-bond donors (Lipinski definition) is 0.